The van der Waals surface area contributed by atoms with Crippen molar-refractivity contribution in [3.63, 3.8) is 0 Å². The zero-order valence-electron chi connectivity index (χ0n) is 11.1. The van der Waals surface area contributed by atoms with Crippen LogP contribution in [0, 0.1) is 0 Å². The second-order valence-corrected chi connectivity index (χ2v) is 4.12. The molecule has 1 rings (SSSR count). The lowest BCUT2D eigenvalue weighted by Crippen LogP contribution is -2.15. The molecule has 1 aromatic rings. The molecule has 4 heteroatoms. The number of carbonyl (C=O) groups excluding carboxylic acids is 1. The van der Waals surface area contributed by atoms with E-state index in [0.29, 0.717) is 24.5 Å². The van der Waals surface area contributed by atoms with Crippen molar-refractivity contribution in [2.75, 3.05) is 26.9 Å². The van der Waals surface area contributed by atoms with Gasteiger partial charge >= 0.3 is 0 Å². The fourth-order valence-corrected chi connectivity index (χ4v) is 1.38. The Hall–Kier alpha value is -1.39. The lowest BCUT2D eigenvalue weighted by atomic mass is 10.1. The molecule has 0 amide bonds. The average Bonchev–Trinajstić information content (AvgIpc) is 2.37. The van der Waals surface area contributed by atoms with Crippen LogP contribution in [-0.4, -0.2) is 38.8 Å². The summed E-state index contributed by atoms with van der Waals surface area (Å²) in [6.45, 7) is 4.78. The quantitative estimate of drug-likeness (QED) is 0.526. The maximum Gasteiger partial charge on any atom is 0.192 e. The predicted octanol–water partition coefficient (Wildman–Crippen LogP) is 2.32. The summed E-state index contributed by atoms with van der Waals surface area (Å²) < 4.78 is 15.7. The van der Waals surface area contributed by atoms with Gasteiger partial charge in [-0.1, -0.05) is 12.1 Å². The Morgan fingerprint density at radius 2 is 1.94 bits per heavy atom. The van der Waals surface area contributed by atoms with E-state index >= 15 is 0 Å². The summed E-state index contributed by atoms with van der Waals surface area (Å²) in [6, 6.07) is 7.17. The fourth-order valence-electron chi connectivity index (χ4n) is 1.38. The van der Waals surface area contributed by atoms with E-state index in [0.717, 1.165) is 0 Å². The first-order valence-electron chi connectivity index (χ1n) is 6.00. The molecule has 0 aliphatic carbocycles. The van der Waals surface area contributed by atoms with Crippen molar-refractivity contribution in [1.82, 2.24) is 0 Å². The molecular formula is C14H20O4. The molecule has 0 radical (unpaired) electrons. The summed E-state index contributed by atoms with van der Waals surface area (Å²) in [7, 11) is 1.61. The van der Waals surface area contributed by atoms with Crippen LogP contribution in [0.15, 0.2) is 24.3 Å². The number of ketones is 1. The lowest BCUT2D eigenvalue weighted by molar-refractivity contribution is 0.0580. The van der Waals surface area contributed by atoms with E-state index in [1.807, 2.05) is 26.0 Å². The summed E-state index contributed by atoms with van der Waals surface area (Å²) in [5, 5.41) is 0. The third kappa shape index (κ3) is 4.85. The van der Waals surface area contributed by atoms with Crippen LogP contribution in [0.5, 0.6) is 5.75 Å². The van der Waals surface area contributed by atoms with Gasteiger partial charge in [0.05, 0.1) is 18.3 Å². The highest BCUT2D eigenvalue weighted by Gasteiger charge is 2.12. The summed E-state index contributed by atoms with van der Waals surface area (Å²) in [5.41, 5.74) is 0.550. The van der Waals surface area contributed by atoms with Gasteiger partial charge in [-0.15, -0.1) is 0 Å². The highest BCUT2D eigenvalue weighted by atomic mass is 16.5. The van der Waals surface area contributed by atoms with Gasteiger partial charge in [0.2, 0.25) is 0 Å². The molecular weight excluding hydrogens is 232 g/mol. The minimum atomic E-state index is -0.0725. The van der Waals surface area contributed by atoms with Crippen LogP contribution in [-0.2, 0) is 9.47 Å². The van der Waals surface area contributed by atoms with Crippen LogP contribution in [0.25, 0.3) is 0 Å². The van der Waals surface area contributed by atoms with E-state index in [1.165, 1.54) is 0 Å². The Kier molecular flexibility index (Phi) is 6.39. The van der Waals surface area contributed by atoms with E-state index in [9.17, 15) is 4.79 Å². The predicted molar refractivity (Wildman–Crippen MR) is 69.2 cm³/mol. The van der Waals surface area contributed by atoms with Crippen molar-refractivity contribution >= 4 is 5.78 Å². The molecule has 18 heavy (non-hydrogen) atoms. The van der Waals surface area contributed by atoms with Gasteiger partial charge in [0.25, 0.3) is 0 Å². The molecule has 0 spiro atoms. The Labute approximate surface area is 108 Å². The van der Waals surface area contributed by atoms with Crippen LogP contribution in [0.3, 0.4) is 0 Å². The number of benzene rings is 1. The molecule has 0 aromatic heterocycles. The van der Waals surface area contributed by atoms with E-state index in [4.69, 9.17) is 14.2 Å². The van der Waals surface area contributed by atoms with Crippen molar-refractivity contribution in [2.24, 2.45) is 0 Å². The molecule has 0 aliphatic heterocycles. The Bertz CT molecular complexity index is 374. The summed E-state index contributed by atoms with van der Waals surface area (Å²) in [6.07, 6.45) is 0.0375. The first kappa shape index (κ1) is 14.7. The lowest BCUT2D eigenvalue weighted by Gasteiger charge is -2.11. The highest BCUT2D eigenvalue weighted by molar-refractivity contribution is 5.99. The topological polar surface area (TPSA) is 44.8 Å². The number of rotatable bonds is 8. The fraction of sp³-hybridized carbons (Fsp3) is 0.500. The molecule has 1 aromatic carbocycles. The van der Waals surface area contributed by atoms with Crippen LogP contribution in [0.4, 0.5) is 0 Å². The maximum atomic E-state index is 12.0. The summed E-state index contributed by atoms with van der Waals surface area (Å²) >= 11 is 0. The van der Waals surface area contributed by atoms with Gasteiger partial charge in [0.1, 0.15) is 19.0 Å². The van der Waals surface area contributed by atoms with Gasteiger partial charge in [-0.25, -0.2) is 0 Å². The summed E-state index contributed by atoms with van der Waals surface area (Å²) in [4.78, 5) is 12.0. The average molecular weight is 252 g/mol. The highest BCUT2D eigenvalue weighted by Crippen LogP contribution is 2.18. The van der Waals surface area contributed by atoms with Crippen LogP contribution < -0.4 is 4.74 Å². The van der Waals surface area contributed by atoms with E-state index in [2.05, 4.69) is 0 Å². The third-order valence-corrected chi connectivity index (χ3v) is 2.28. The Morgan fingerprint density at radius 1 is 1.22 bits per heavy atom. The molecule has 0 aliphatic rings. The zero-order valence-corrected chi connectivity index (χ0v) is 11.1. The van der Waals surface area contributed by atoms with Crippen LogP contribution in [0.1, 0.15) is 24.2 Å². The van der Waals surface area contributed by atoms with E-state index < -0.39 is 0 Å². The van der Waals surface area contributed by atoms with Crippen molar-refractivity contribution in [2.45, 2.75) is 20.0 Å². The van der Waals surface area contributed by atoms with Gasteiger partial charge in [-0.2, -0.15) is 0 Å². The normalized spacial score (nSPS) is 10.7. The smallest absolute Gasteiger partial charge is 0.192 e. The molecule has 0 saturated heterocycles. The van der Waals surface area contributed by atoms with Crippen LogP contribution >= 0.6 is 0 Å². The Balaban J connectivity index is 2.65. The molecule has 0 unspecified atom stereocenters. The number of para-hydroxylation sites is 1. The molecule has 0 heterocycles. The second kappa shape index (κ2) is 7.84. The molecule has 0 bridgehead atoms. The SMILES string of the molecule is COCCOc1ccccc1C(=O)COC(C)C. The number of methoxy groups -OCH3 is 1. The molecule has 4 nitrogen and oxygen atoms in total. The third-order valence-electron chi connectivity index (χ3n) is 2.28. The van der Waals surface area contributed by atoms with Gasteiger partial charge in [0, 0.05) is 7.11 Å². The van der Waals surface area contributed by atoms with Gasteiger partial charge in [-0.05, 0) is 26.0 Å². The molecule has 0 fully saturated rings. The zero-order chi connectivity index (χ0) is 13.4. The maximum absolute atomic E-state index is 12.0. The Morgan fingerprint density at radius 3 is 2.61 bits per heavy atom. The number of hydrogen-bond donors (Lipinski definition) is 0. The minimum absolute atomic E-state index is 0.0375. The summed E-state index contributed by atoms with van der Waals surface area (Å²) in [5.74, 6) is 0.503. The molecule has 0 atom stereocenters. The van der Waals surface area contributed by atoms with Crippen molar-refractivity contribution in [1.29, 1.82) is 0 Å². The standard InChI is InChI=1S/C14H20O4/c1-11(2)18-10-13(15)12-6-4-5-7-14(12)17-9-8-16-3/h4-7,11H,8-10H2,1-3H3. The first-order chi connectivity index (χ1) is 8.65. The van der Waals surface area contributed by atoms with Gasteiger partial charge < -0.3 is 14.2 Å². The van der Waals surface area contributed by atoms with Crippen molar-refractivity contribution in [3.05, 3.63) is 29.8 Å². The number of ether oxygens (including phenoxy) is 3. The number of carbonyl (C=O) groups is 1. The van der Waals surface area contributed by atoms with Crippen molar-refractivity contribution < 1.29 is 19.0 Å². The molecule has 0 N–H and O–H groups in total. The van der Waals surface area contributed by atoms with Crippen molar-refractivity contribution in [3.8, 4) is 5.75 Å². The molecule has 100 valence electrons. The van der Waals surface area contributed by atoms with Crippen LogP contribution in [0.2, 0.25) is 0 Å². The van der Waals surface area contributed by atoms with Gasteiger partial charge in [0.15, 0.2) is 5.78 Å². The second-order valence-electron chi connectivity index (χ2n) is 4.12. The number of hydrogen-bond acceptors (Lipinski definition) is 4. The monoisotopic (exact) mass is 252 g/mol. The molecule has 0 saturated carbocycles. The first-order valence-corrected chi connectivity index (χ1v) is 6.00. The van der Waals surface area contributed by atoms with E-state index in [1.54, 1.807) is 19.2 Å². The minimum Gasteiger partial charge on any atom is -0.490 e. The van der Waals surface area contributed by atoms with E-state index in [-0.39, 0.29) is 18.5 Å². The number of Topliss-reactive ketones (excluding diaryl/α,β-unsaturated/α-hetero) is 1. The van der Waals surface area contributed by atoms with Gasteiger partial charge in [-0.3, -0.25) is 4.79 Å². The largest absolute Gasteiger partial charge is 0.490 e.